The lowest BCUT2D eigenvalue weighted by Crippen LogP contribution is -2.44. The lowest BCUT2D eigenvalue weighted by molar-refractivity contribution is -0.386. The number of benzene rings is 1. The number of piperazine rings is 1. The van der Waals surface area contributed by atoms with Gasteiger partial charge in [-0.1, -0.05) is 0 Å². The Bertz CT molecular complexity index is 549. The van der Waals surface area contributed by atoms with E-state index in [0.29, 0.717) is 5.75 Å². The molecule has 2 fully saturated rings. The van der Waals surface area contributed by atoms with Gasteiger partial charge in [-0.2, -0.15) is 0 Å². The molecule has 2 aliphatic rings. The first-order valence-corrected chi connectivity index (χ1v) is 7.44. The average Bonchev–Trinajstić information content (AvgIpc) is 3.25. The Morgan fingerprint density at radius 3 is 2.48 bits per heavy atom. The fraction of sp³-hybridized carbons (Fsp3) is 0.600. The van der Waals surface area contributed by atoms with Crippen LogP contribution in [0.2, 0.25) is 0 Å². The van der Waals surface area contributed by atoms with Crippen molar-refractivity contribution in [2.24, 2.45) is 0 Å². The van der Waals surface area contributed by atoms with Crippen molar-refractivity contribution in [3.8, 4) is 5.75 Å². The molecule has 114 valence electrons. The van der Waals surface area contributed by atoms with Gasteiger partial charge in [0.05, 0.1) is 11.0 Å². The third kappa shape index (κ3) is 3.10. The van der Waals surface area contributed by atoms with Gasteiger partial charge in [0.2, 0.25) is 0 Å². The third-order valence-electron chi connectivity index (χ3n) is 4.14. The van der Waals surface area contributed by atoms with E-state index in [1.165, 1.54) is 0 Å². The van der Waals surface area contributed by atoms with Crippen LogP contribution in [0, 0.1) is 17.0 Å². The number of nitro benzene ring substituents is 1. The van der Waals surface area contributed by atoms with Crippen molar-refractivity contribution in [3.63, 3.8) is 0 Å². The predicted octanol–water partition coefficient (Wildman–Crippen LogP) is 2.20. The smallest absolute Gasteiger partial charge is 0.311 e. The van der Waals surface area contributed by atoms with Gasteiger partial charge in [0.25, 0.3) is 0 Å². The first kappa shape index (κ1) is 14.1. The Morgan fingerprint density at radius 2 is 1.90 bits per heavy atom. The van der Waals surface area contributed by atoms with Crippen molar-refractivity contribution in [3.05, 3.63) is 27.8 Å². The number of anilines is 1. The molecular formula is C15H21N3O3. The van der Waals surface area contributed by atoms with E-state index in [-0.39, 0.29) is 16.7 Å². The number of hydrogen-bond acceptors (Lipinski definition) is 5. The van der Waals surface area contributed by atoms with Gasteiger partial charge in [-0.15, -0.1) is 0 Å². The first-order chi connectivity index (χ1) is 10.0. The Kier molecular flexibility index (Phi) is 3.71. The monoisotopic (exact) mass is 291 g/mol. The fourth-order valence-electron chi connectivity index (χ4n) is 2.65. The maximum absolute atomic E-state index is 11.2. The molecule has 6 heteroatoms. The highest BCUT2D eigenvalue weighted by Crippen LogP contribution is 2.38. The molecule has 0 N–H and O–H groups in total. The van der Waals surface area contributed by atoms with E-state index in [2.05, 4.69) is 16.8 Å². The molecule has 0 unspecified atom stereocenters. The van der Waals surface area contributed by atoms with Crippen LogP contribution in [0.5, 0.6) is 5.75 Å². The Hall–Kier alpha value is -1.82. The van der Waals surface area contributed by atoms with Gasteiger partial charge in [-0.25, -0.2) is 0 Å². The van der Waals surface area contributed by atoms with E-state index in [4.69, 9.17) is 4.74 Å². The SMILES string of the molecule is Cc1cc([N+](=O)[O-])c(OC2CC2)cc1N1CCN(C)CC1. The van der Waals surface area contributed by atoms with Crippen LogP contribution >= 0.6 is 0 Å². The van der Waals surface area contributed by atoms with Gasteiger partial charge in [-0.05, 0) is 32.4 Å². The number of nitrogens with zero attached hydrogens (tertiary/aromatic N) is 3. The summed E-state index contributed by atoms with van der Waals surface area (Å²) in [7, 11) is 2.11. The van der Waals surface area contributed by atoms with E-state index in [1.54, 1.807) is 6.07 Å². The highest BCUT2D eigenvalue weighted by Gasteiger charge is 2.29. The van der Waals surface area contributed by atoms with E-state index < -0.39 is 0 Å². The molecule has 1 aromatic rings. The van der Waals surface area contributed by atoms with Gasteiger partial charge < -0.3 is 14.5 Å². The molecule has 0 atom stereocenters. The molecule has 1 aromatic carbocycles. The second kappa shape index (κ2) is 5.52. The lowest BCUT2D eigenvalue weighted by atomic mass is 10.1. The Balaban J connectivity index is 1.90. The van der Waals surface area contributed by atoms with E-state index in [0.717, 1.165) is 50.3 Å². The largest absolute Gasteiger partial charge is 0.483 e. The zero-order valence-electron chi connectivity index (χ0n) is 12.5. The van der Waals surface area contributed by atoms with Gasteiger partial charge in [0.1, 0.15) is 0 Å². The number of aryl methyl sites for hydroxylation is 1. The number of likely N-dealkylation sites (N-methyl/N-ethyl adjacent to an activating group) is 1. The van der Waals surface area contributed by atoms with Crippen LogP contribution in [0.4, 0.5) is 11.4 Å². The van der Waals surface area contributed by atoms with Crippen molar-refractivity contribution in [2.75, 3.05) is 38.1 Å². The van der Waals surface area contributed by atoms with E-state index in [1.807, 2.05) is 13.0 Å². The molecule has 0 radical (unpaired) electrons. The van der Waals surface area contributed by atoms with Crippen LogP contribution in [0.3, 0.4) is 0 Å². The maximum Gasteiger partial charge on any atom is 0.311 e. The van der Waals surface area contributed by atoms with Crippen molar-refractivity contribution >= 4 is 11.4 Å². The molecule has 0 aromatic heterocycles. The molecule has 1 aliphatic carbocycles. The molecule has 0 bridgehead atoms. The topological polar surface area (TPSA) is 58.9 Å². The minimum Gasteiger partial charge on any atom is -0.483 e. The molecule has 1 aliphatic heterocycles. The van der Waals surface area contributed by atoms with Crippen LogP contribution in [-0.4, -0.2) is 49.2 Å². The molecule has 21 heavy (non-hydrogen) atoms. The number of nitro groups is 1. The predicted molar refractivity (Wildman–Crippen MR) is 81.2 cm³/mol. The summed E-state index contributed by atoms with van der Waals surface area (Å²) in [5.41, 5.74) is 2.08. The highest BCUT2D eigenvalue weighted by atomic mass is 16.6. The second-order valence-corrected chi connectivity index (χ2v) is 5.97. The standard InChI is InChI=1S/C15H21N3O3/c1-11-9-14(18(19)20)15(21-12-3-4-12)10-13(11)17-7-5-16(2)6-8-17/h9-10,12H,3-8H2,1-2H3. The van der Waals surface area contributed by atoms with Gasteiger partial charge in [0.15, 0.2) is 5.75 Å². The zero-order chi connectivity index (χ0) is 15.0. The summed E-state index contributed by atoms with van der Waals surface area (Å²) < 4.78 is 5.75. The van der Waals surface area contributed by atoms with Crippen LogP contribution in [0.25, 0.3) is 0 Å². The maximum atomic E-state index is 11.2. The molecule has 1 heterocycles. The van der Waals surface area contributed by atoms with Crippen molar-refractivity contribution in [1.82, 2.24) is 4.90 Å². The number of hydrogen-bond donors (Lipinski definition) is 0. The van der Waals surface area contributed by atoms with Gasteiger partial charge in [-0.3, -0.25) is 10.1 Å². The van der Waals surface area contributed by atoms with Crippen molar-refractivity contribution in [2.45, 2.75) is 25.9 Å². The van der Waals surface area contributed by atoms with Crippen molar-refractivity contribution < 1.29 is 9.66 Å². The number of ether oxygens (including phenoxy) is 1. The molecule has 1 saturated heterocycles. The summed E-state index contributed by atoms with van der Waals surface area (Å²) in [5.74, 6) is 0.419. The minimum absolute atomic E-state index is 0.0808. The van der Waals surface area contributed by atoms with E-state index >= 15 is 0 Å². The first-order valence-electron chi connectivity index (χ1n) is 7.44. The summed E-state index contributed by atoms with van der Waals surface area (Å²) in [4.78, 5) is 15.4. The molecule has 0 spiro atoms. The van der Waals surface area contributed by atoms with Crippen LogP contribution in [0.1, 0.15) is 18.4 Å². The highest BCUT2D eigenvalue weighted by molar-refractivity contribution is 5.64. The number of rotatable bonds is 4. The lowest BCUT2D eigenvalue weighted by Gasteiger charge is -2.35. The summed E-state index contributed by atoms with van der Waals surface area (Å²) >= 11 is 0. The van der Waals surface area contributed by atoms with Crippen LogP contribution < -0.4 is 9.64 Å². The van der Waals surface area contributed by atoms with Crippen molar-refractivity contribution in [1.29, 1.82) is 0 Å². The van der Waals surface area contributed by atoms with Crippen LogP contribution in [-0.2, 0) is 0 Å². The Labute approximate surface area is 124 Å². The summed E-state index contributed by atoms with van der Waals surface area (Å²) in [5, 5.41) is 11.2. The molecular weight excluding hydrogens is 270 g/mol. The van der Waals surface area contributed by atoms with Crippen LogP contribution in [0.15, 0.2) is 12.1 Å². The molecule has 0 amide bonds. The summed E-state index contributed by atoms with van der Waals surface area (Å²) in [6.07, 6.45) is 2.15. The fourth-order valence-corrected chi connectivity index (χ4v) is 2.65. The molecule has 1 saturated carbocycles. The third-order valence-corrected chi connectivity index (χ3v) is 4.14. The average molecular weight is 291 g/mol. The molecule has 3 rings (SSSR count). The second-order valence-electron chi connectivity index (χ2n) is 5.97. The van der Waals surface area contributed by atoms with Gasteiger partial charge >= 0.3 is 5.69 Å². The normalized spacial score (nSPS) is 19.6. The van der Waals surface area contributed by atoms with E-state index in [9.17, 15) is 10.1 Å². The minimum atomic E-state index is -0.349. The summed E-state index contributed by atoms with van der Waals surface area (Å²) in [6, 6.07) is 3.50. The molecule has 6 nitrogen and oxygen atoms in total. The van der Waals surface area contributed by atoms with Gasteiger partial charge in [0, 0.05) is 44.0 Å². The zero-order valence-corrected chi connectivity index (χ0v) is 12.5. The quantitative estimate of drug-likeness (QED) is 0.628. The summed E-state index contributed by atoms with van der Waals surface area (Å²) in [6.45, 7) is 5.84. The Morgan fingerprint density at radius 1 is 1.24 bits per heavy atom.